The molecule has 4 nitrogen and oxygen atoms in total. The molecule has 0 bridgehead atoms. The van der Waals surface area contributed by atoms with Gasteiger partial charge in [-0.25, -0.2) is 0 Å². The van der Waals surface area contributed by atoms with E-state index < -0.39 is 0 Å². The molecule has 0 saturated carbocycles. The SMILES string of the molecule is O=C1CC(NCc2cccnc2)CN1CCCc1ccccc1. The molecule has 1 aromatic carbocycles. The lowest BCUT2D eigenvalue weighted by molar-refractivity contribution is -0.127. The number of aryl methyl sites for hydroxylation is 1. The van der Waals surface area contributed by atoms with E-state index in [-0.39, 0.29) is 11.9 Å². The number of hydrogen-bond donors (Lipinski definition) is 1. The Morgan fingerprint density at radius 1 is 1.13 bits per heavy atom. The van der Waals surface area contributed by atoms with E-state index in [9.17, 15) is 4.79 Å². The Balaban J connectivity index is 1.40. The van der Waals surface area contributed by atoms with Gasteiger partial charge in [0, 0.05) is 44.5 Å². The van der Waals surface area contributed by atoms with Gasteiger partial charge in [0.2, 0.25) is 5.91 Å². The van der Waals surface area contributed by atoms with Crippen LogP contribution in [0.15, 0.2) is 54.9 Å². The highest BCUT2D eigenvalue weighted by Gasteiger charge is 2.28. The van der Waals surface area contributed by atoms with E-state index in [1.165, 1.54) is 5.56 Å². The fourth-order valence-corrected chi connectivity index (χ4v) is 3.01. The van der Waals surface area contributed by atoms with Crippen LogP contribution in [0, 0.1) is 0 Å². The molecule has 0 aliphatic carbocycles. The van der Waals surface area contributed by atoms with Crippen molar-refractivity contribution in [3.05, 3.63) is 66.0 Å². The zero-order valence-corrected chi connectivity index (χ0v) is 13.3. The van der Waals surface area contributed by atoms with Gasteiger partial charge in [0.1, 0.15) is 0 Å². The summed E-state index contributed by atoms with van der Waals surface area (Å²) in [6, 6.07) is 14.7. The predicted molar refractivity (Wildman–Crippen MR) is 90.8 cm³/mol. The summed E-state index contributed by atoms with van der Waals surface area (Å²) in [5.41, 5.74) is 2.49. The minimum Gasteiger partial charge on any atom is -0.341 e. The maximum absolute atomic E-state index is 12.1. The number of aromatic nitrogens is 1. The first-order chi connectivity index (χ1) is 11.3. The molecular weight excluding hydrogens is 286 g/mol. The average molecular weight is 309 g/mol. The lowest BCUT2D eigenvalue weighted by Crippen LogP contribution is -2.33. The Kier molecular flexibility index (Phi) is 5.37. The largest absolute Gasteiger partial charge is 0.341 e. The summed E-state index contributed by atoms with van der Waals surface area (Å²) in [6.07, 6.45) is 6.29. The zero-order chi connectivity index (χ0) is 15.9. The van der Waals surface area contributed by atoms with Crippen LogP contribution in [-0.4, -0.2) is 34.9 Å². The van der Waals surface area contributed by atoms with Crippen molar-refractivity contribution in [2.75, 3.05) is 13.1 Å². The number of carbonyl (C=O) groups excluding carboxylic acids is 1. The van der Waals surface area contributed by atoms with Crippen LogP contribution in [0.2, 0.25) is 0 Å². The number of nitrogens with one attached hydrogen (secondary N) is 1. The molecule has 1 aliphatic rings. The minimum absolute atomic E-state index is 0.249. The van der Waals surface area contributed by atoms with E-state index in [2.05, 4.69) is 40.6 Å². The summed E-state index contributed by atoms with van der Waals surface area (Å²) >= 11 is 0. The van der Waals surface area contributed by atoms with Crippen LogP contribution in [0.4, 0.5) is 0 Å². The Labute approximate surface area is 137 Å². The fraction of sp³-hybridized carbons (Fsp3) is 0.368. The first kappa shape index (κ1) is 15.7. The van der Waals surface area contributed by atoms with Gasteiger partial charge in [-0.15, -0.1) is 0 Å². The van der Waals surface area contributed by atoms with Crippen LogP contribution in [0.25, 0.3) is 0 Å². The van der Waals surface area contributed by atoms with Gasteiger partial charge in [0.15, 0.2) is 0 Å². The van der Waals surface area contributed by atoms with Crippen LogP contribution in [0.1, 0.15) is 24.0 Å². The Hall–Kier alpha value is -2.20. The van der Waals surface area contributed by atoms with E-state index in [4.69, 9.17) is 0 Å². The summed E-state index contributed by atoms with van der Waals surface area (Å²) in [4.78, 5) is 18.2. The summed E-state index contributed by atoms with van der Waals surface area (Å²) in [5, 5.41) is 3.46. The highest BCUT2D eigenvalue weighted by atomic mass is 16.2. The van der Waals surface area contributed by atoms with Gasteiger partial charge < -0.3 is 10.2 Å². The lowest BCUT2D eigenvalue weighted by Gasteiger charge is -2.17. The van der Waals surface area contributed by atoms with Crippen molar-refractivity contribution >= 4 is 5.91 Å². The van der Waals surface area contributed by atoms with Crippen molar-refractivity contribution < 1.29 is 4.79 Å². The molecule has 0 radical (unpaired) electrons. The second-order valence-corrected chi connectivity index (χ2v) is 6.07. The first-order valence-corrected chi connectivity index (χ1v) is 8.25. The number of rotatable bonds is 7. The van der Waals surface area contributed by atoms with Crippen LogP contribution in [0.5, 0.6) is 0 Å². The van der Waals surface area contributed by atoms with Gasteiger partial charge in [-0.2, -0.15) is 0 Å². The van der Waals surface area contributed by atoms with Crippen molar-refractivity contribution in [3.63, 3.8) is 0 Å². The standard InChI is InChI=1S/C19H23N3O/c23-19-12-18(21-14-17-8-4-10-20-13-17)15-22(19)11-5-9-16-6-2-1-3-7-16/h1-4,6-8,10,13,18,21H,5,9,11-12,14-15H2. The second kappa shape index (κ2) is 7.88. The summed E-state index contributed by atoms with van der Waals surface area (Å²) in [7, 11) is 0. The first-order valence-electron chi connectivity index (χ1n) is 8.25. The third kappa shape index (κ3) is 4.63. The van der Waals surface area contributed by atoms with Crippen LogP contribution in [0.3, 0.4) is 0 Å². The molecule has 3 rings (SSSR count). The molecule has 2 aromatic rings. The Bertz CT molecular complexity index is 615. The number of likely N-dealkylation sites (tertiary alicyclic amines) is 1. The van der Waals surface area contributed by atoms with Crippen molar-refractivity contribution in [2.24, 2.45) is 0 Å². The quantitative estimate of drug-likeness (QED) is 0.854. The van der Waals surface area contributed by atoms with Gasteiger partial charge in [0.05, 0.1) is 0 Å². The van der Waals surface area contributed by atoms with Crippen molar-refractivity contribution in [2.45, 2.75) is 31.8 Å². The Morgan fingerprint density at radius 2 is 1.96 bits per heavy atom. The summed E-state index contributed by atoms with van der Waals surface area (Å²) in [6.45, 7) is 2.43. The second-order valence-electron chi connectivity index (χ2n) is 6.07. The Morgan fingerprint density at radius 3 is 2.74 bits per heavy atom. The number of pyridine rings is 1. The van der Waals surface area contributed by atoms with E-state index in [1.54, 1.807) is 6.20 Å². The average Bonchev–Trinajstić information content (AvgIpc) is 2.95. The summed E-state index contributed by atoms with van der Waals surface area (Å²) in [5.74, 6) is 0.266. The molecule has 1 unspecified atom stereocenters. The third-order valence-corrected chi connectivity index (χ3v) is 4.27. The van der Waals surface area contributed by atoms with Gasteiger partial charge in [-0.3, -0.25) is 9.78 Å². The maximum atomic E-state index is 12.1. The number of benzene rings is 1. The van der Waals surface area contributed by atoms with Gasteiger partial charge in [-0.05, 0) is 30.0 Å². The molecule has 1 saturated heterocycles. The number of nitrogens with zero attached hydrogens (tertiary/aromatic N) is 2. The molecule has 0 spiro atoms. The van der Waals surface area contributed by atoms with Gasteiger partial charge >= 0.3 is 0 Å². The molecule has 4 heteroatoms. The van der Waals surface area contributed by atoms with Crippen LogP contribution < -0.4 is 5.32 Å². The van der Waals surface area contributed by atoms with Gasteiger partial charge in [-0.1, -0.05) is 36.4 Å². The molecule has 1 N–H and O–H groups in total. The van der Waals surface area contributed by atoms with E-state index >= 15 is 0 Å². The maximum Gasteiger partial charge on any atom is 0.224 e. The number of hydrogen-bond acceptors (Lipinski definition) is 3. The van der Waals surface area contributed by atoms with Crippen molar-refractivity contribution in [1.82, 2.24) is 15.2 Å². The molecule has 1 aromatic heterocycles. The molecular formula is C19H23N3O. The van der Waals surface area contributed by atoms with Gasteiger partial charge in [0.25, 0.3) is 0 Å². The molecule has 2 heterocycles. The molecule has 23 heavy (non-hydrogen) atoms. The highest BCUT2D eigenvalue weighted by molar-refractivity contribution is 5.79. The van der Waals surface area contributed by atoms with Crippen LogP contribution >= 0.6 is 0 Å². The fourth-order valence-electron chi connectivity index (χ4n) is 3.01. The van der Waals surface area contributed by atoms with E-state index in [0.717, 1.165) is 38.0 Å². The third-order valence-electron chi connectivity index (χ3n) is 4.27. The highest BCUT2D eigenvalue weighted by Crippen LogP contribution is 2.13. The normalized spacial score (nSPS) is 17.7. The minimum atomic E-state index is 0.249. The number of carbonyl (C=O) groups is 1. The molecule has 1 atom stereocenters. The molecule has 1 fully saturated rings. The van der Waals surface area contributed by atoms with Crippen molar-refractivity contribution in [3.8, 4) is 0 Å². The van der Waals surface area contributed by atoms with E-state index in [1.807, 2.05) is 23.2 Å². The molecule has 120 valence electrons. The molecule has 1 aliphatic heterocycles. The summed E-state index contributed by atoms with van der Waals surface area (Å²) < 4.78 is 0. The van der Waals surface area contributed by atoms with E-state index in [0.29, 0.717) is 6.42 Å². The number of amides is 1. The topological polar surface area (TPSA) is 45.2 Å². The smallest absolute Gasteiger partial charge is 0.224 e. The lowest BCUT2D eigenvalue weighted by atomic mass is 10.1. The van der Waals surface area contributed by atoms with Crippen LogP contribution in [-0.2, 0) is 17.8 Å². The molecule has 1 amide bonds. The monoisotopic (exact) mass is 309 g/mol. The van der Waals surface area contributed by atoms with Crippen molar-refractivity contribution in [1.29, 1.82) is 0 Å². The predicted octanol–water partition coefficient (Wildman–Crippen LogP) is 2.40. The zero-order valence-electron chi connectivity index (χ0n) is 13.3.